The summed E-state index contributed by atoms with van der Waals surface area (Å²) < 4.78 is 0. The summed E-state index contributed by atoms with van der Waals surface area (Å²) in [5.41, 5.74) is 10.5. The molecule has 190 valence electrons. The normalized spacial score (nSPS) is 11.6. The van der Waals surface area contributed by atoms with E-state index in [0.29, 0.717) is 35.6 Å². The number of non-ortho nitro benzene ring substituents is 2. The predicted molar refractivity (Wildman–Crippen MR) is 149 cm³/mol. The lowest BCUT2D eigenvalue weighted by Gasteiger charge is -2.13. The first kappa shape index (κ1) is 25.7. The topological polar surface area (TPSA) is 135 Å². The summed E-state index contributed by atoms with van der Waals surface area (Å²) in [6.07, 6.45) is 0.933. The summed E-state index contributed by atoms with van der Waals surface area (Å²) in [6.45, 7) is 0. The maximum atomic E-state index is 11.0. The van der Waals surface area contributed by atoms with Crippen LogP contribution in [0.3, 0.4) is 0 Å². The van der Waals surface area contributed by atoms with E-state index in [2.05, 4.69) is 21.1 Å². The smallest absolute Gasteiger partial charge is 0.269 e. The molecular weight excluding hydrogens is 484 g/mol. The van der Waals surface area contributed by atoms with Gasteiger partial charge in [-0.3, -0.25) is 31.1 Å². The summed E-state index contributed by atoms with van der Waals surface area (Å²) in [4.78, 5) is 21.1. The van der Waals surface area contributed by atoms with Crippen molar-refractivity contribution in [1.29, 1.82) is 0 Å². The van der Waals surface area contributed by atoms with Gasteiger partial charge in [0.05, 0.1) is 32.6 Å². The minimum absolute atomic E-state index is 0.0114. The van der Waals surface area contributed by atoms with Crippen LogP contribution in [-0.2, 0) is 12.8 Å². The lowest BCUT2D eigenvalue weighted by Crippen LogP contribution is -2.22. The fourth-order valence-corrected chi connectivity index (χ4v) is 3.57. The van der Waals surface area contributed by atoms with Crippen LogP contribution in [0.5, 0.6) is 0 Å². The molecule has 0 saturated heterocycles. The Balaban J connectivity index is 1.67. The Morgan fingerprint density at radius 3 is 1.21 bits per heavy atom. The summed E-state index contributed by atoms with van der Waals surface area (Å²) in [7, 11) is 0. The lowest BCUT2D eigenvalue weighted by molar-refractivity contribution is -0.385. The number of nitro groups is 2. The van der Waals surface area contributed by atoms with E-state index in [1.165, 1.54) is 24.3 Å². The van der Waals surface area contributed by atoms with Crippen LogP contribution in [-0.4, -0.2) is 21.3 Å². The van der Waals surface area contributed by atoms with Crippen LogP contribution in [0.15, 0.2) is 119 Å². The molecule has 4 rings (SSSR count). The van der Waals surface area contributed by atoms with Gasteiger partial charge in [-0.25, -0.2) is 0 Å². The van der Waals surface area contributed by atoms with Crippen molar-refractivity contribution in [1.82, 2.24) is 0 Å². The number of benzene rings is 4. The Bertz CT molecular complexity index is 1330. The molecule has 0 radical (unpaired) electrons. The molecule has 0 heterocycles. The Kier molecular flexibility index (Phi) is 8.48. The molecule has 0 aliphatic heterocycles. The standard InChI is InChI=1S/C28H24N6O4/c35-33(36)25-15-11-23(12-16-25)29-31-27(19-21-7-3-1-4-8-21)28(20-22-9-5-2-6-10-22)32-30-24-13-17-26(18-14-24)34(37)38/h1-18,29-30H,19-20H2/b31-27+,32-28+. The average Bonchev–Trinajstić information content (AvgIpc) is 2.95. The van der Waals surface area contributed by atoms with Gasteiger partial charge in [-0.1, -0.05) is 60.7 Å². The van der Waals surface area contributed by atoms with Crippen LogP contribution in [0, 0.1) is 20.2 Å². The van der Waals surface area contributed by atoms with E-state index in [4.69, 9.17) is 0 Å². The number of hydrogen-bond donors (Lipinski definition) is 2. The van der Waals surface area contributed by atoms with E-state index in [0.717, 1.165) is 11.1 Å². The molecule has 10 nitrogen and oxygen atoms in total. The van der Waals surface area contributed by atoms with Crippen molar-refractivity contribution in [3.8, 4) is 0 Å². The van der Waals surface area contributed by atoms with Crippen molar-refractivity contribution in [2.75, 3.05) is 10.9 Å². The number of hydrazone groups is 2. The van der Waals surface area contributed by atoms with Crippen molar-refractivity contribution in [3.63, 3.8) is 0 Å². The van der Waals surface area contributed by atoms with Crippen LogP contribution in [0.2, 0.25) is 0 Å². The molecule has 10 heteroatoms. The zero-order valence-corrected chi connectivity index (χ0v) is 20.2. The number of rotatable bonds is 11. The molecule has 0 atom stereocenters. The molecule has 0 aromatic heterocycles. The number of nitrogens with one attached hydrogen (secondary N) is 2. The third kappa shape index (κ3) is 7.31. The van der Waals surface area contributed by atoms with Gasteiger partial charge in [0, 0.05) is 37.1 Å². The van der Waals surface area contributed by atoms with Gasteiger partial charge in [0.15, 0.2) is 0 Å². The molecule has 4 aromatic rings. The third-order valence-corrected chi connectivity index (χ3v) is 5.56. The van der Waals surface area contributed by atoms with Gasteiger partial charge >= 0.3 is 0 Å². The van der Waals surface area contributed by atoms with Crippen LogP contribution < -0.4 is 10.9 Å². The molecule has 0 saturated carbocycles. The van der Waals surface area contributed by atoms with Crippen molar-refractivity contribution in [2.45, 2.75) is 12.8 Å². The van der Waals surface area contributed by atoms with Gasteiger partial charge in [0.1, 0.15) is 0 Å². The first-order valence-electron chi connectivity index (χ1n) is 11.7. The van der Waals surface area contributed by atoms with Gasteiger partial charge in [-0.2, -0.15) is 10.2 Å². The molecule has 0 aliphatic carbocycles. The van der Waals surface area contributed by atoms with E-state index >= 15 is 0 Å². The Morgan fingerprint density at radius 2 is 0.895 bits per heavy atom. The van der Waals surface area contributed by atoms with Crippen LogP contribution in [0.1, 0.15) is 11.1 Å². The van der Waals surface area contributed by atoms with Crippen LogP contribution >= 0.6 is 0 Å². The second-order valence-corrected chi connectivity index (χ2v) is 8.27. The van der Waals surface area contributed by atoms with Crippen molar-refractivity contribution in [3.05, 3.63) is 141 Å². The van der Waals surface area contributed by atoms with Gasteiger partial charge in [-0.05, 0) is 35.4 Å². The van der Waals surface area contributed by atoms with Gasteiger partial charge in [-0.15, -0.1) is 0 Å². The molecule has 0 aliphatic rings. The number of nitrogens with zero attached hydrogens (tertiary/aromatic N) is 4. The predicted octanol–water partition coefficient (Wildman–Crippen LogP) is 6.22. The Hall–Kier alpha value is -5.38. The minimum atomic E-state index is -0.456. The van der Waals surface area contributed by atoms with Crippen molar-refractivity contribution < 1.29 is 9.85 Å². The molecule has 0 unspecified atom stereocenters. The average molecular weight is 509 g/mol. The highest BCUT2D eigenvalue weighted by Gasteiger charge is 2.14. The molecule has 0 amide bonds. The largest absolute Gasteiger partial charge is 0.278 e. The van der Waals surface area contributed by atoms with Crippen LogP contribution in [0.25, 0.3) is 0 Å². The number of nitro benzene ring substituents is 2. The monoisotopic (exact) mass is 508 g/mol. The molecule has 4 aromatic carbocycles. The van der Waals surface area contributed by atoms with E-state index in [1.54, 1.807) is 24.3 Å². The summed E-state index contributed by atoms with van der Waals surface area (Å²) in [5, 5.41) is 31.3. The summed E-state index contributed by atoms with van der Waals surface area (Å²) >= 11 is 0. The number of anilines is 2. The molecule has 0 spiro atoms. The molecule has 0 fully saturated rings. The maximum Gasteiger partial charge on any atom is 0.269 e. The molecule has 0 bridgehead atoms. The second kappa shape index (κ2) is 12.5. The quantitative estimate of drug-likeness (QED) is 0.140. The summed E-state index contributed by atoms with van der Waals surface area (Å²) in [5.74, 6) is 0. The van der Waals surface area contributed by atoms with Gasteiger partial charge in [0.25, 0.3) is 11.4 Å². The van der Waals surface area contributed by atoms with Crippen molar-refractivity contribution in [2.24, 2.45) is 10.2 Å². The van der Waals surface area contributed by atoms with E-state index < -0.39 is 9.85 Å². The molecule has 38 heavy (non-hydrogen) atoms. The van der Waals surface area contributed by atoms with Gasteiger partial charge in [0.2, 0.25) is 0 Å². The maximum absolute atomic E-state index is 11.0. The van der Waals surface area contributed by atoms with Gasteiger partial charge < -0.3 is 0 Å². The van der Waals surface area contributed by atoms with E-state index in [-0.39, 0.29) is 11.4 Å². The fraction of sp³-hybridized carbons (Fsp3) is 0.0714. The van der Waals surface area contributed by atoms with E-state index in [9.17, 15) is 20.2 Å². The zero-order chi connectivity index (χ0) is 26.7. The Labute approximate surface area is 218 Å². The minimum Gasteiger partial charge on any atom is -0.278 e. The highest BCUT2D eigenvalue weighted by atomic mass is 16.6. The highest BCUT2D eigenvalue weighted by Crippen LogP contribution is 2.17. The fourth-order valence-electron chi connectivity index (χ4n) is 3.57. The molecule has 2 N–H and O–H groups in total. The third-order valence-electron chi connectivity index (χ3n) is 5.56. The zero-order valence-electron chi connectivity index (χ0n) is 20.2. The first-order valence-corrected chi connectivity index (χ1v) is 11.7. The first-order chi connectivity index (χ1) is 18.5. The summed E-state index contributed by atoms with van der Waals surface area (Å²) in [6, 6.07) is 31.6. The molecular formula is C28H24N6O4. The van der Waals surface area contributed by atoms with Crippen LogP contribution in [0.4, 0.5) is 22.7 Å². The Morgan fingerprint density at radius 1 is 0.553 bits per heavy atom. The van der Waals surface area contributed by atoms with Crippen molar-refractivity contribution >= 4 is 34.2 Å². The SMILES string of the molecule is O=[N+]([O-])c1ccc(N/N=C(Cc2ccccc2)/C(Cc2ccccc2)=N/Nc2ccc([N+](=O)[O-])cc2)cc1. The highest BCUT2D eigenvalue weighted by molar-refractivity contribution is 6.43. The van der Waals surface area contributed by atoms with E-state index in [1.807, 2.05) is 60.7 Å². The second-order valence-electron chi connectivity index (χ2n) is 8.27. The number of hydrogen-bond acceptors (Lipinski definition) is 8. The lowest BCUT2D eigenvalue weighted by atomic mass is 10.00.